The fraction of sp³-hybridized carbons (Fsp3) is 0.778. The quantitative estimate of drug-likeness (QED) is 0.604. The second kappa shape index (κ2) is 6.21. The lowest BCUT2D eigenvalue weighted by molar-refractivity contribution is 0.0752. The van der Waals surface area contributed by atoms with Gasteiger partial charge in [0.1, 0.15) is 0 Å². The summed E-state index contributed by atoms with van der Waals surface area (Å²) in [5, 5.41) is 0. The summed E-state index contributed by atoms with van der Waals surface area (Å²) in [7, 11) is 1.68. The second-order valence-corrected chi connectivity index (χ2v) is 2.59. The molecule has 0 saturated carbocycles. The molecule has 0 aromatic carbocycles. The Morgan fingerprint density at radius 3 is 2.64 bits per heavy atom. The molecule has 0 bridgehead atoms. The minimum absolute atomic E-state index is 0.0843. The van der Waals surface area contributed by atoms with Crippen molar-refractivity contribution in [2.45, 2.75) is 38.3 Å². The number of methoxy groups -OCH3 is 1. The van der Waals surface area contributed by atoms with Crippen LogP contribution in [0.2, 0.25) is 0 Å². The van der Waals surface area contributed by atoms with E-state index >= 15 is 0 Å². The Morgan fingerprint density at radius 1 is 1.64 bits per heavy atom. The molecule has 2 nitrogen and oxygen atoms in total. The normalized spacial score (nSPS) is 15.5. The third-order valence-electron chi connectivity index (χ3n) is 1.80. The first-order valence-electron chi connectivity index (χ1n) is 3.98. The fourth-order valence-electron chi connectivity index (χ4n) is 1.08. The van der Waals surface area contributed by atoms with Crippen molar-refractivity contribution in [2.75, 3.05) is 7.11 Å². The maximum Gasteiger partial charge on any atom is 0.0719 e. The summed E-state index contributed by atoms with van der Waals surface area (Å²) in [5.74, 6) is 2.57. The van der Waals surface area contributed by atoms with Gasteiger partial charge < -0.3 is 10.5 Å². The van der Waals surface area contributed by atoms with E-state index in [2.05, 4.69) is 12.8 Å². The highest BCUT2D eigenvalue weighted by molar-refractivity contribution is 4.86. The van der Waals surface area contributed by atoms with Gasteiger partial charge in [0.15, 0.2) is 0 Å². The van der Waals surface area contributed by atoms with Crippen LogP contribution in [0.3, 0.4) is 0 Å². The third-order valence-corrected chi connectivity index (χ3v) is 1.80. The Bertz CT molecular complexity index is 124. The lowest BCUT2D eigenvalue weighted by Gasteiger charge is -2.19. The summed E-state index contributed by atoms with van der Waals surface area (Å²) in [4.78, 5) is 0. The predicted octanol–water partition coefficient (Wildman–Crippen LogP) is 1.15. The minimum Gasteiger partial charge on any atom is -0.380 e. The van der Waals surface area contributed by atoms with Crippen LogP contribution in [-0.2, 0) is 4.74 Å². The van der Waals surface area contributed by atoms with Gasteiger partial charge in [0.05, 0.1) is 6.10 Å². The molecule has 2 atom stereocenters. The summed E-state index contributed by atoms with van der Waals surface area (Å²) in [6.07, 6.45) is 7.80. The number of rotatable bonds is 5. The van der Waals surface area contributed by atoms with Gasteiger partial charge in [0.2, 0.25) is 0 Å². The van der Waals surface area contributed by atoms with E-state index in [1.165, 1.54) is 0 Å². The smallest absolute Gasteiger partial charge is 0.0719 e. The molecule has 0 saturated heterocycles. The zero-order chi connectivity index (χ0) is 8.69. The molecular formula is C9H17NO. The van der Waals surface area contributed by atoms with Gasteiger partial charge in [-0.3, -0.25) is 0 Å². The van der Waals surface area contributed by atoms with E-state index in [4.69, 9.17) is 16.9 Å². The zero-order valence-electron chi connectivity index (χ0n) is 7.34. The Hall–Kier alpha value is -0.520. The molecule has 0 aromatic rings. The molecule has 64 valence electrons. The molecular weight excluding hydrogens is 138 g/mol. The molecule has 0 fully saturated rings. The molecule has 2 unspecified atom stereocenters. The van der Waals surface area contributed by atoms with E-state index in [1.807, 2.05) is 0 Å². The Morgan fingerprint density at radius 2 is 2.27 bits per heavy atom. The van der Waals surface area contributed by atoms with Crippen LogP contribution in [-0.4, -0.2) is 19.3 Å². The highest BCUT2D eigenvalue weighted by atomic mass is 16.5. The van der Waals surface area contributed by atoms with Gasteiger partial charge in [-0.15, -0.1) is 12.3 Å². The van der Waals surface area contributed by atoms with E-state index in [1.54, 1.807) is 7.11 Å². The van der Waals surface area contributed by atoms with Crippen LogP contribution in [0, 0.1) is 12.3 Å². The summed E-state index contributed by atoms with van der Waals surface area (Å²) in [6, 6.07) is 0.0843. The molecule has 11 heavy (non-hydrogen) atoms. The van der Waals surface area contributed by atoms with E-state index < -0.39 is 0 Å². The summed E-state index contributed by atoms with van der Waals surface area (Å²) in [5.41, 5.74) is 5.80. The van der Waals surface area contributed by atoms with Crippen molar-refractivity contribution < 1.29 is 4.74 Å². The standard InChI is InChI=1S/C9H17NO/c1-4-6-7-8(10)9(5-2)11-3/h1,8-9H,5-7,10H2,2-3H3. The number of hydrogen-bond acceptors (Lipinski definition) is 2. The van der Waals surface area contributed by atoms with E-state index in [0.29, 0.717) is 0 Å². The first-order valence-corrected chi connectivity index (χ1v) is 3.98. The van der Waals surface area contributed by atoms with E-state index in [0.717, 1.165) is 19.3 Å². The molecule has 2 heteroatoms. The number of terminal acetylenes is 1. The van der Waals surface area contributed by atoms with Crippen molar-refractivity contribution in [2.24, 2.45) is 5.73 Å². The second-order valence-electron chi connectivity index (χ2n) is 2.59. The summed E-state index contributed by atoms with van der Waals surface area (Å²) in [6.45, 7) is 2.06. The van der Waals surface area contributed by atoms with Crippen molar-refractivity contribution in [1.29, 1.82) is 0 Å². The van der Waals surface area contributed by atoms with Gasteiger partial charge in [-0.2, -0.15) is 0 Å². The van der Waals surface area contributed by atoms with Crippen molar-refractivity contribution in [3.63, 3.8) is 0 Å². The summed E-state index contributed by atoms with van der Waals surface area (Å²) < 4.78 is 5.16. The SMILES string of the molecule is C#CCCC(N)C(CC)OC. The molecule has 0 amide bonds. The first kappa shape index (κ1) is 10.5. The summed E-state index contributed by atoms with van der Waals surface area (Å²) >= 11 is 0. The molecule has 0 aliphatic carbocycles. The van der Waals surface area contributed by atoms with Crippen LogP contribution in [0.5, 0.6) is 0 Å². The van der Waals surface area contributed by atoms with Crippen LogP contribution in [0.15, 0.2) is 0 Å². The fourth-order valence-corrected chi connectivity index (χ4v) is 1.08. The highest BCUT2D eigenvalue weighted by Gasteiger charge is 2.13. The average Bonchev–Trinajstić information content (AvgIpc) is 2.03. The van der Waals surface area contributed by atoms with Gasteiger partial charge in [-0.05, 0) is 12.8 Å². The Balaban J connectivity index is 3.61. The van der Waals surface area contributed by atoms with Gasteiger partial charge in [-0.1, -0.05) is 6.92 Å². The third kappa shape index (κ3) is 4.02. The van der Waals surface area contributed by atoms with Crippen LogP contribution < -0.4 is 5.73 Å². The van der Waals surface area contributed by atoms with Gasteiger partial charge in [0.25, 0.3) is 0 Å². The maximum atomic E-state index is 5.80. The number of hydrogen-bond donors (Lipinski definition) is 1. The first-order chi connectivity index (χ1) is 5.26. The Kier molecular flexibility index (Phi) is 5.91. The highest BCUT2D eigenvalue weighted by Crippen LogP contribution is 2.05. The van der Waals surface area contributed by atoms with Crippen molar-refractivity contribution in [3.05, 3.63) is 0 Å². The van der Waals surface area contributed by atoms with E-state index in [9.17, 15) is 0 Å². The lowest BCUT2D eigenvalue weighted by atomic mass is 10.0. The average molecular weight is 155 g/mol. The van der Waals surface area contributed by atoms with E-state index in [-0.39, 0.29) is 12.1 Å². The van der Waals surface area contributed by atoms with Crippen LogP contribution in [0.25, 0.3) is 0 Å². The Labute approximate surface area is 69.1 Å². The monoisotopic (exact) mass is 155 g/mol. The van der Waals surface area contributed by atoms with Crippen molar-refractivity contribution >= 4 is 0 Å². The molecule has 2 N–H and O–H groups in total. The maximum absolute atomic E-state index is 5.80. The predicted molar refractivity (Wildman–Crippen MR) is 47.1 cm³/mol. The van der Waals surface area contributed by atoms with Crippen LogP contribution in [0.1, 0.15) is 26.2 Å². The molecule has 0 radical (unpaired) electrons. The van der Waals surface area contributed by atoms with Crippen molar-refractivity contribution in [1.82, 2.24) is 0 Å². The lowest BCUT2D eigenvalue weighted by Crippen LogP contribution is -2.35. The topological polar surface area (TPSA) is 35.2 Å². The molecule has 0 aliphatic heterocycles. The minimum atomic E-state index is 0.0843. The molecule has 0 spiro atoms. The van der Waals surface area contributed by atoms with Crippen molar-refractivity contribution in [3.8, 4) is 12.3 Å². The van der Waals surface area contributed by atoms with Gasteiger partial charge in [-0.25, -0.2) is 0 Å². The molecule has 0 aliphatic rings. The largest absolute Gasteiger partial charge is 0.380 e. The van der Waals surface area contributed by atoms with Gasteiger partial charge >= 0.3 is 0 Å². The number of nitrogens with two attached hydrogens (primary N) is 1. The zero-order valence-corrected chi connectivity index (χ0v) is 7.34. The van der Waals surface area contributed by atoms with Gasteiger partial charge in [0, 0.05) is 19.6 Å². The van der Waals surface area contributed by atoms with Crippen LogP contribution in [0.4, 0.5) is 0 Å². The number of ether oxygens (including phenoxy) is 1. The van der Waals surface area contributed by atoms with Crippen LogP contribution >= 0.6 is 0 Å². The molecule has 0 aromatic heterocycles. The molecule has 0 heterocycles. The molecule has 0 rings (SSSR count).